The van der Waals surface area contributed by atoms with Crippen LogP contribution in [0.5, 0.6) is 0 Å². The van der Waals surface area contributed by atoms with Crippen LogP contribution in [-0.2, 0) is 26.4 Å². The number of para-hydroxylation sites is 1. The summed E-state index contributed by atoms with van der Waals surface area (Å²) in [6.45, 7) is 3.89. The summed E-state index contributed by atoms with van der Waals surface area (Å²) in [5, 5.41) is 9.11. The van der Waals surface area contributed by atoms with Crippen LogP contribution in [0.3, 0.4) is 0 Å². The molecular weight excluding hydrogens is 262 g/mol. The molecule has 0 saturated heterocycles. The zero-order valence-electron chi connectivity index (χ0n) is 12.6. The molecular formula is C17H21N3O. The van der Waals surface area contributed by atoms with Crippen molar-refractivity contribution >= 4 is 11.0 Å². The number of aryl methyl sites for hydroxylation is 2. The molecule has 0 amide bonds. The molecule has 3 rings (SSSR count). The van der Waals surface area contributed by atoms with Crippen LogP contribution in [0, 0.1) is 0 Å². The van der Waals surface area contributed by atoms with E-state index in [0.29, 0.717) is 0 Å². The van der Waals surface area contributed by atoms with Crippen LogP contribution in [0.2, 0.25) is 0 Å². The Kier molecular flexibility index (Phi) is 4.06. The fourth-order valence-corrected chi connectivity index (χ4v) is 2.66. The van der Waals surface area contributed by atoms with Crippen LogP contribution in [-0.4, -0.2) is 16.3 Å². The molecule has 0 aliphatic carbocycles. The summed E-state index contributed by atoms with van der Waals surface area (Å²) in [5.41, 5.74) is 3.39. The van der Waals surface area contributed by atoms with E-state index in [9.17, 15) is 0 Å². The number of benzene rings is 1. The lowest BCUT2D eigenvalue weighted by atomic mass is 10.1. The second-order valence-electron chi connectivity index (χ2n) is 5.26. The molecule has 0 unspecified atom stereocenters. The molecule has 0 spiro atoms. The molecule has 2 aromatic heterocycles. The van der Waals surface area contributed by atoms with Crippen molar-refractivity contribution in [3.05, 3.63) is 53.5 Å². The van der Waals surface area contributed by atoms with Crippen LogP contribution in [0.1, 0.15) is 23.9 Å². The van der Waals surface area contributed by atoms with E-state index in [1.807, 2.05) is 30.1 Å². The van der Waals surface area contributed by atoms with Crippen LogP contribution >= 0.6 is 0 Å². The monoisotopic (exact) mass is 283 g/mol. The van der Waals surface area contributed by atoms with Gasteiger partial charge in [0.25, 0.3) is 0 Å². The number of fused-ring (bicyclic) bond motifs is 1. The molecule has 0 aliphatic heterocycles. The van der Waals surface area contributed by atoms with E-state index in [4.69, 9.17) is 4.42 Å². The fraction of sp³-hybridized carbons (Fsp3) is 0.353. The molecule has 0 bridgehead atoms. The second kappa shape index (κ2) is 6.14. The summed E-state index contributed by atoms with van der Waals surface area (Å²) >= 11 is 0. The van der Waals surface area contributed by atoms with Crippen molar-refractivity contribution in [2.45, 2.75) is 26.3 Å². The van der Waals surface area contributed by atoms with E-state index in [1.165, 1.54) is 10.9 Å². The van der Waals surface area contributed by atoms with Gasteiger partial charge < -0.3 is 9.73 Å². The SMILES string of the molecule is CCc1oc2ccccc2c1CNCCc1ccn(C)n1. The third-order valence-electron chi connectivity index (χ3n) is 3.73. The van der Waals surface area contributed by atoms with Gasteiger partial charge in [-0.05, 0) is 12.1 Å². The number of rotatable bonds is 6. The van der Waals surface area contributed by atoms with Crippen molar-refractivity contribution in [2.24, 2.45) is 7.05 Å². The van der Waals surface area contributed by atoms with Crippen LogP contribution in [0.25, 0.3) is 11.0 Å². The molecule has 4 heteroatoms. The summed E-state index contributed by atoms with van der Waals surface area (Å²) in [5.74, 6) is 1.08. The summed E-state index contributed by atoms with van der Waals surface area (Å²) in [6.07, 6.45) is 3.85. The molecule has 0 atom stereocenters. The second-order valence-corrected chi connectivity index (χ2v) is 5.26. The van der Waals surface area contributed by atoms with Gasteiger partial charge in [0.1, 0.15) is 11.3 Å². The predicted molar refractivity (Wildman–Crippen MR) is 84.2 cm³/mol. The molecule has 0 radical (unpaired) electrons. The van der Waals surface area contributed by atoms with Crippen molar-refractivity contribution in [1.82, 2.24) is 15.1 Å². The number of hydrogen-bond donors (Lipinski definition) is 1. The van der Waals surface area contributed by atoms with Gasteiger partial charge in [-0.2, -0.15) is 5.10 Å². The minimum atomic E-state index is 0.840. The molecule has 3 aromatic rings. The Balaban J connectivity index is 1.64. The smallest absolute Gasteiger partial charge is 0.134 e. The van der Waals surface area contributed by atoms with Crippen LogP contribution in [0.15, 0.2) is 40.9 Å². The standard InChI is InChI=1S/C17H21N3O/c1-3-16-15(14-6-4-5-7-17(14)21-16)12-18-10-8-13-9-11-20(2)19-13/h4-7,9,11,18H,3,8,10,12H2,1-2H3. The summed E-state index contributed by atoms with van der Waals surface area (Å²) < 4.78 is 7.75. The first-order valence-corrected chi connectivity index (χ1v) is 7.46. The Morgan fingerprint density at radius 3 is 2.86 bits per heavy atom. The quantitative estimate of drug-likeness (QED) is 0.707. The van der Waals surface area contributed by atoms with Gasteiger partial charge in [-0.3, -0.25) is 4.68 Å². The Morgan fingerprint density at radius 1 is 1.24 bits per heavy atom. The number of aromatic nitrogens is 2. The molecule has 21 heavy (non-hydrogen) atoms. The Bertz CT molecular complexity index is 727. The summed E-state index contributed by atoms with van der Waals surface area (Å²) in [4.78, 5) is 0. The van der Waals surface area contributed by atoms with E-state index in [0.717, 1.165) is 43.0 Å². The molecule has 4 nitrogen and oxygen atoms in total. The highest BCUT2D eigenvalue weighted by Crippen LogP contribution is 2.26. The highest BCUT2D eigenvalue weighted by Gasteiger charge is 2.11. The Morgan fingerprint density at radius 2 is 2.10 bits per heavy atom. The summed E-state index contributed by atoms with van der Waals surface area (Å²) in [6, 6.07) is 10.3. The molecule has 110 valence electrons. The first-order chi connectivity index (χ1) is 10.3. The van der Waals surface area contributed by atoms with E-state index < -0.39 is 0 Å². The molecule has 2 heterocycles. The predicted octanol–water partition coefficient (Wildman–Crippen LogP) is 3.06. The van der Waals surface area contributed by atoms with Gasteiger partial charge in [-0.1, -0.05) is 25.1 Å². The number of hydrogen-bond acceptors (Lipinski definition) is 3. The van der Waals surface area contributed by atoms with E-state index in [2.05, 4.69) is 35.5 Å². The number of nitrogens with zero attached hydrogens (tertiary/aromatic N) is 2. The Labute approximate surface area is 124 Å². The lowest BCUT2D eigenvalue weighted by molar-refractivity contribution is 0.544. The van der Waals surface area contributed by atoms with Gasteiger partial charge >= 0.3 is 0 Å². The van der Waals surface area contributed by atoms with E-state index >= 15 is 0 Å². The number of furan rings is 1. The fourth-order valence-electron chi connectivity index (χ4n) is 2.66. The van der Waals surface area contributed by atoms with Gasteiger partial charge in [0, 0.05) is 50.1 Å². The van der Waals surface area contributed by atoms with Crippen LogP contribution in [0.4, 0.5) is 0 Å². The highest BCUT2D eigenvalue weighted by molar-refractivity contribution is 5.82. The average Bonchev–Trinajstić information content (AvgIpc) is 3.07. The lowest BCUT2D eigenvalue weighted by Gasteiger charge is -2.04. The summed E-state index contributed by atoms with van der Waals surface area (Å²) in [7, 11) is 1.95. The van der Waals surface area contributed by atoms with Gasteiger partial charge in [0.2, 0.25) is 0 Å². The van der Waals surface area contributed by atoms with Gasteiger partial charge in [0.05, 0.1) is 5.69 Å². The minimum Gasteiger partial charge on any atom is -0.461 e. The third-order valence-corrected chi connectivity index (χ3v) is 3.73. The van der Waals surface area contributed by atoms with Crippen molar-refractivity contribution in [3.8, 4) is 0 Å². The molecule has 0 aliphatic rings. The van der Waals surface area contributed by atoms with Gasteiger partial charge in [-0.25, -0.2) is 0 Å². The molecule has 1 aromatic carbocycles. The van der Waals surface area contributed by atoms with Crippen molar-refractivity contribution < 1.29 is 4.42 Å². The maximum atomic E-state index is 5.91. The van der Waals surface area contributed by atoms with Crippen molar-refractivity contribution in [2.75, 3.05) is 6.54 Å². The van der Waals surface area contributed by atoms with Gasteiger partial charge in [-0.15, -0.1) is 0 Å². The first-order valence-electron chi connectivity index (χ1n) is 7.46. The third kappa shape index (κ3) is 3.00. The molecule has 1 N–H and O–H groups in total. The molecule has 0 fully saturated rings. The normalized spacial score (nSPS) is 11.3. The first kappa shape index (κ1) is 13.9. The van der Waals surface area contributed by atoms with Crippen molar-refractivity contribution in [1.29, 1.82) is 0 Å². The average molecular weight is 283 g/mol. The molecule has 0 saturated carbocycles. The minimum absolute atomic E-state index is 0.840. The highest BCUT2D eigenvalue weighted by atomic mass is 16.3. The van der Waals surface area contributed by atoms with Crippen LogP contribution < -0.4 is 5.32 Å². The zero-order chi connectivity index (χ0) is 14.7. The maximum Gasteiger partial charge on any atom is 0.134 e. The van der Waals surface area contributed by atoms with E-state index in [-0.39, 0.29) is 0 Å². The topological polar surface area (TPSA) is 43.0 Å². The van der Waals surface area contributed by atoms with Gasteiger partial charge in [0.15, 0.2) is 0 Å². The Hall–Kier alpha value is -2.07. The number of nitrogens with one attached hydrogen (secondary N) is 1. The lowest BCUT2D eigenvalue weighted by Crippen LogP contribution is -2.17. The maximum absolute atomic E-state index is 5.91. The zero-order valence-corrected chi connectivity index (χ0v) is 12.6. The van der Waals surface area contributed by atoms with Crippen molar-refractivity contribution in [3.63, 3.8) is 0 Å². The van der Waals surface area contributed by atoms with E-state index in [1.54, 1.807) is 0 Å². The largest absolute Gasteiger partial charge is 0.461 e.